The number of nitrogens with one attached hydrogen (secondary N) is 1. The third-order valence-corrected chi connectivity index (χ3v) is 1.99. The van der Waals surface area contributed by atoms with Crippen LogP contribution in [-0.2, 0) is 11.2 Å². The van der Waals surface area contributed by atoms with Crippen molar-refractivity contribution in [3.05, 3.63) is 35.4 Å². The van der Waals surface area contributed by atoms with Crippen LogP contribution in [0, 0.1) is 5.41 Å². The maximum absolute atomic E-state index is 10.6. The molecule has 5 heteroatoms. The number of nitrogen functional groups attached to an aromatic ring is 1. The summed E-state index contributed by atoms with van der Waals surface area (Å²) in [4.78, 5) is 10.6. The zero-order valence-electron chi connectivity index (χ0n) is 9.03. The number of benzene rings is 1. The average Bonchev–Trinajstić information content (AvgIpc) is 2.28. The first-order valence-corrected chi connectivity index (χ1v) is 4.38. The number of carbonyl (C=O) groups is 1. The van der Waals surface area contributed by atoms with Crippen molar-refractivity contribution in [3.63, 3.8) is 0 Å². The summed E-state index contributed by atoms with van der Waals surface area (Å²) in [6.07, 6.45) is 0.203. The lowest BCUT2D eigenvalue weighted by Crippen LogP contribution is -2.32. The van der Waals surface area contributed by atoms with Gasteiger partial charge < -0.3 is 16.6 Å². The molecule has 0 heterocycles. The smallest absolute Gasteiger partial charge is 0.320 e. The van der Waals surface area contributed by atoms with E-state index in [-0.39, 0.29) is 12.3 Å². The molecule has 1 atom stereocenters. The van der Waals surface area contributed by atoms with Crippen LogP contribution in [0.5, 0.6) is 0 Å². The summed E-state index contributed by atoms with van der Waals surface area (Å²) in [6, 6.07) is 5.80. The molecule has 0 aliphatic heterocycles. The predicted molar refractivity (Wildman–Crippen MR) is 56.8 cm³/mol. The van der Waals surface area contributed by atoms with Gasteiger partial charge in [-0.1, -0.05) is 18.2 Å². The molecule has 0 bridgehead atoms. The molecular formula is C10H13N3O2. The second kappa shape index (κ2) is 4.56. The largest absolute Gasteiger partial charge is 0.480 e. The third kappa shape index (κ3) is 3.07. The first kappa shape index (κ1) is 9.67. The SMILES string of the molecule is [2H]NC(=N)c1cccc(C[C@H](N)C(=O)O)c1. The van der Waals surface area contributed by atoms with Crippen LogP contribution < -0.4 is 11.5 Å². The summed E-state index contributed by atoms with van der Waals surface area (Å²) in [5, 5.41) is 16.1. The Morgan fingerprint density at radius 2 is 2.40 bits per heavy atom. The number of aliphatic carboxylic acids is 1. The van der Waals surface area contributed by atoms with Gasteiger partial charge in [0.25, 0.3) is 0 Å². The van der Waals surface area contributed by atoms with E-state index in [1.54, 1.807) is 24.3 Å². The van der Waals surface area contributed by atoms with E-state index in [1.165, 1.54) is 0 Å². The minimum atomic E-state index is -1.06. The number of carboxylic acids is 1. The Kier molecular flexibility index (Phi) is 2.94. The Morgan fingerprint density at radius 3 is 3.00 bits per heavy atom. The van der Waals surface area contributed by atoms with Crippen LogP contribution in [0.3, 0.4) is 0 Å². The molecule has 0 aliphatic rings. The number of nitrogens with two attached hydrogens (primary N) is 2. The van der Waals surface area contributed by atoms with Crippen LogP contribution in [-0.4, -0.2) is 23.0 Å². The van der Waals surface area contributed by atoms with Gasteiger partial charge in [0.1, 0.15) is 11.9 Å². The quantitative estimate of drug-likeness (QED) is 0.409. The summed E-state index contributed by atoms with van der Waals surface area (Å²) in [5.74, 6) is -1.09. The van der Waals surface area contributed by atoms with Crippen molar-refractivity contribution >= 4 is 11.8 Å². The third-order valence-electron chi connectivity index (χ3n) is 1.99. The van der Waals surface area contributed by atoms with E-state index in [0.717, 1.165) is 5.56 Å². The van der Waals surface area contributed by atoms with Crippen molar-refractivity contribution < 1.29 is 11.3 Å². The van der Waals surface area contributed by atoms with Crippen molar-refractivity contribution in [1.82, 2.24) is 0 Å². The molecule has 0 unspecified atom stereocenters. The van der Waals surface area contributed by atoms with Crippen molar-refractivity contribution in [2.75, 3.05) is 0 Å². The Labute approximate surface area is 88.7 Å². The zero-order chi connectivity index (χ0) is 12.1. The Hall–Kier alpha value is -1.88. The lowest BCUT2D eigenvalue weighted by molar-refractivity contribution is -0.138. The Bertz CT molecular complexity index is 409. The Morgan fingerprint density at radius 1 is 1.67 bits per heavy atom. The van der Waals surface area contributed by atoms with Gasteiger partial charge in [-0.2, -0.15) is 0 Å². The number of hydrogen-bond acceptors (Lipinski definition) is 3. The minimum Gasteiger partial charge on any atom is -0.480 e. The van der Waals surface area contributed by atoms with Gasteiger partial charge in [0.15, 0.2) is 1.41 Å². The fraction of sp³-hybridized carbons (Fsp3) is 0.200. The van der Waals surface area contributed by atoms with E-state index in [1.807, 2.05) is 5.73 Å². The molecule has 0 amide bonds. The van der Waals surface area contributed by atoms with Crippen LogP contribution in [0.25, 0.3) is 0 Å². The van der Waals surface area contributed by atoms with E-state index >= 15 is 0 Å². The molecule has 6 N–H and O–H groups in total. The molecule has 0 spiro atoms. The van der Waals surface area contributed by atoms with E-state index in [4.69, 9.17) is 17.7 Å². The van der Waals surface area contributed by atoms with Crippen LogP contribution in [0.15, 0.2) is 24.3 Å². The van der Waals surface area contributed by atoms with Gasteiger partial charge in [-0.15, -0.1) is 0 Å². The van der Waals surface area contributed by atoms with Gasteiger partial charge in [-0.05, 0) is 18.1 Å². The van der Waals surface area contributed by atoms with E-state index in [2.05, 4.69) is 0 Å². The fourth-order valence-electron chi connectivity index (χ4n) is 1.20. The first-order valence-electron chi connectivity index (χ1n) is 4.88. The summed E-state index contributed by atoms with van der Waals surface area (Å²) < 4.78 is 6.83. The van der Waals surface area contributed by atoms with Crippen LogP contribution in [0.4, 0.5) is 0 Å². The molecule has 0 saturated carbocycles. The van der Waals surface area contributed by atoms with Crippen molar-refractivity contribution in [3.8, 4) is 0 Å². The number of hydrogen-bond donors (Lipinski definition) is 4. The number of carboxylic acid groups (broad SMARTS) is 1. The molecular weight excluding hydrogens is 194 g/mol. The van der Waals surface area contributed by atoms with E-state index in [0.29, 0.717) is 5.56 Å². The molecule has 80 valence electrons. The molecule has 0 saturated heterocycles. The monoisotopic (exact) mass is 208 g/mol. The molecule has 0 aliphatic carbocycles. The highest BCUT2D eigenvalue weighted by Crippen LogP contribution is 2.06. The van der Waals surface area contributed by atoms with Gasteiger partial charge in [0.05, 0.1) is 0 Å². The van der Waals surface area contributed by atoms with Crippen molar-refractivity contribution in [2.24, 2.45) is 11.5 Å². The summed E-state index contributed by atoms with van der Waals surface area (Å²) in [6.45, 7) is 0. The molecule has 0 radical (unpaired) electrons. The zero-order valence-corrected chi connectivity index (χ0v) is 8.03. The van der Waals surface area contributed by atoms with E-state index < -0.39 is 12.0 Å². The lowest BCUT2D eigenvalue weighted by atomic mass is 10.0. The lowest BCUT2D eigenvalue weighted by Gasteiger charge is -2.07. The fourth-order valence-corrected chi connectivity index (χ4v) is 1.20. The van der Waals surface area contributed by atoms with Crippen LogP contribution in [0.2, 0.25) is 1.41 Å². The standard InChI is InChI=1S/C10H13N3O2/c11-8(10(14)15)5-6-2-1-3-7(4-6)9(12)13/h1-4,8H,5,11H2,(H3,12,13)(H,14,15)/t8-/m0/s1/i/hD. The van der Waals surface area contributed by atoms with Gasteiger partial charge in [-0.25, -0.2) is 0 Å². The van der Waals surface area contributed by atoms with Gasteiger partial charge >= 0.3 is 5.97 Å². The molecule has 0 aromatic heterocycles. The second-order valence-electron chi connectivity index (χ2n) is 3.22. The highest BCUT2D eigenvalue weighted by molar-refractivity contribution is 5.95. The van der Waals surface area contributed by atoms with Crippen molar-refractivity contribution in [1.29, 1.82) is 5.41 Å². The average molecular weight is 208 g/mol. The number of amidine groups is 1. The van der Waals surface area contributed by atoms with Gasteiger partial charge in [0.2, 0.25) is 0 Å². The van der Waals surface area contributed by atoms with Gasteiger partial charge in [-0.3, -0.25) is 10.2 Å². The number of rotatable bonds is 4. The van der Waals surface area contributed by atoms with Crippen molar-refractivity contribution in [2.45, 2.75) is 12.5 Å². The predicted octanol–water partition coefficient (Wildman–Crippen LogP) is -0.0749. The summed E-state index contributed by atoms with van der Waals surface area (Å²) in [7, 11) is 0. The molecule has 1 aromatic carbocycles. The normalized spacial score (nSPS) is 12.7. The van der Waals surface area contributed by atoms with E-state index in [9.17, 15) is 4.79 Å². The highest BCUT2D eigenvalue weighted by atomic mass is 16.4. The highest BCUT2D eigenvalue weighted by Gasteiger charge is 2.12. The second-order valence-corrected chi connectivity index (χ2v) is 3.22. The maximum atomic E-state index is 10.6. The molecule has 1 aromatic rings. The Balaban J connectivity index is 2.82. The van der Waals surface area contributed by atoms with Crippen LogP contribution in [0.1, 0.15) is 11.1 Å². The maximum Gasteiger partial charge on any atom is 0.320 e. The van der Waals surface area contributed by atoms with Gasteiger partial charge in [0, 0.05) is 5.56 Å². The minimum absolute atomic E-state index is 0.0363. The molecule has 0 fully saturated rings. The molecule has 5 nitrogen and oxygen atoms in total. The summed E-state index contributed by atoms with van der Waals surface area (Å²) in [5.41, 5.74) is 8.63. The molecule has 15 heavy (non-hydrogen) atoms. The molecule has 1 rings (SSSR count). The summed E-state index contributed by atoms with van der Waals surface area (Å²) >= 11 is 0. The first-order chi connectivity index (χ1) is 7.54. The van der Waals surface area contributed by atoms with Crippen LogP contribution >= 0.6 is 0 Å². The topological polar surface area (TPSA) is 113 Å².